The van der Waals surface area contributed by atoms with Gasteiger partial charge in [-0.1, -0.05) is 17.7 Å². The highest BCUT2D eigenvalue weighted by molar-refractivity contribution is 7.14. The third kappa shape index (κ3) is 4.39. The molecule has 0 unspecified atom stereocenters. The average molecular weight is 438 g/mol. The monoisotopic (exact) mass is 437 g/mol. The van der Waals surface area contributed by atoms with Crippen LogP contribution in [0.4, 0.5) is 10.8 Å². The van der Waals surface area contributed by atoms with Crippen molar-refractivity contribution >= 4 is 34.0 Å². The van der Waals surface area contributed by atoms with Gasteiger partial charge in [0, 0.05) is 35.7 Å². The molecule has 0 spiro atoms. The van der Waals surface area contributed by atoms with E-state index in [9.17, 15) is 9.59 Å². The summed E-state index contributed by atoms with van der Waals surface area (Å²) >= 11 is 1.35. The minimum atomic E-state index is -0.445. The van der Waals surface area contributed by atoms with Crippen LogP contribution in [0, 0.1) is 12.8 Å². The number of benzene rings is 2. The van der Waals surface area contributed by atoms with Crippen molar-refractivity contribution in [1.29, 1.82) is 0 Å². The Hall–Kier alpha value is -3.39. The van der Waals surface area contributed by atoms with E-state index in [2.05, 4.69) is 10.3 Å². The number of amides is 2. The summed E-state index contributed by atoms with van der Waals surface area (Å²) in [6.45, 7) is 2.32. The van der Waals surface area contributed by atoms with Gasteiger partial charge in [0.2, 0.25) is 11.8 Å². The lowest BCUT2D eigenvalue weighted by Crippen LogP contribution is -2.28. The van der Waals surface area contributed by atoms with Crippen molar-refractivity contribution in [3.05, 3.63) is 53.4 Å². The van der Waals surface area contributed by atoms with E-state index in [-0.39, 0.29) is 18.2 Å². The maximum Gasteiger partial charge on any atom is 0.231 e. The van der Waals surface area contributed by atoms with Gasteiger partial charge in [-0.15, -0.1) is 11.3 Å². The third-order valence-corrected chi connectivity index (χ3v) is 5.98. The van der Waals surface area contributed by atoms with Crippen molar-refractivity contribution in [2.45, 2.75) is 13.3 Å². The first kappa shape index (κ1) is 20.9. The van der Waals surface area contributed by atoms with Gasteiger partial charge in [0.25, 0.3) is 0 Å². The maximum atomic E-state index is 12.8. The fourth-order valence-electron chi connectivity index (χ4n) is 3.60. The van der Waals surface area contributed by atoms with Crippen LogP contribution in [0.1, 0.15) is 12.0 Å². The first-order valence-electron chi connectivity index (χ1n) is 9.84. The summed E-state index contributed by atoms with van der Waals surface area (Å²) in [5, 5.41) is 5.25. The predicted octanol–water partition coefficient (Wildman–Crippen LogP) is 4.13. The summed E-state index contributed by atoms with van der Waals surface area (Å²) in [7, 11) is 3.20. The van der Waals surface area contributed by atoms with E-state index in [0.29, 0.717) is 17.4 Å². The molecule has 1 N–H and O–H groups in total. The number of hydrogen-bond acceptors (Lipinski definition) is 6. The highest BCUT2D eigenvalue weighted by Gasteiger charge is 2.35. The molecule has 1 aliphatic rings. The molecule has 7 nitrogen and oxygen atoms in total. The Labute approximate surface area is 184 Å². The van der Waals surface area contributed by atoms with Gasteiger partial charge in [0.15, 0.2) is 5.13 Å². The number of thiazole rings is 1. The molecule has 3 aromatic rings. The fourth-order valence-corrected chi connectivity index (χ4v) is 4.31. The van der Waals surface area contributed by atoms with Gasteiger partial charge in [0.1, 0.15) is 11.5 Å². The molecule has 1 aromatic heterocycles. The lowest BCUT2D eigenvalue weighted by molar-refractivity contribution is -0.122. The lowest BCUT2D eigenvalue weighted by Gasteiger charge is -2.17. The Morgan fingerprint density at radius 3 is 2.81 bits per heavy atom. The van der Waals surface area contributed by atoms with Crippen LogP contribution < -0.4 is 19.7 Å². The third-order valence-electron chi connectivity index (χ3n) is 5.23. The summed E-state index contributed by atoms with van der Waals surface area (Å²) in [6.07, 6.45) is 0.160. The molecule has 1 fully saturated rings. The van der Waals surface area contributed by atoms with Crippen LogP contribution in [0.15, 0.2) is 47.8 Å². The van der Waals surface area contributed by atoms with Crippen LogP contribution in [0.5, 0.6) is 11.5 Å². The lowest BCUT2D eigenvalue weighted by atomic mass is 10.1. The number of aromatic nitrogens is 1. The molecule has 4 rings (SSSR count). The molecule has 0 aliphatic carbocycles. The predicted molar refractivity (Wildman–Crippen MR) is 121 cm³/mol. The summed E-state index contributed by atoms with van der Waals surface area (Å²) in [4.78, 5) is 31.5. The van der Waals surface area contributed by atoms with Gasteiger partial charge in [-0.05, 0) is 31.2 Å². The van der Waals surface area contributed by atoms with Crippen molar-refractivity contribution in [3.8, 4) is 22.8 Å². The highest BCUT2D eigenvalue weighted by Crippen LogP contribution is 2.34. The van der Waals surface area contributed by atoms with Crippen molar-refractivity contribution < 1.29 is 19.1 Å². The standard InChI is InChI=1S/C23H23N3O4S/c1-14-7-8-20(30-3)18(9-14)19-13-31-23(24-19)25-22(28)15-10-21(27)26(12-15)16-5-4-6-17(11-16)29-2/h4-9,11,13,15H,10,12H2,1-3H3,(H,24,25,28)/t15-/m0/s1. The molecule has 160 valence electrons. The van der Waals surface area contributed by atoms with Gasteiger partial charge < -0.3 is 19.7 Å². The zero-order valence-electron chi connectivity index (χ0n) is 17.5. The second kappa shape index (κ2) is 8.77. The minimum Gasteiger partial charge on any atom is -0.497 e. The van der Waals surface area contributed by atoms with Crippen LogP contribution in [-0.2, 0) is 9.59 Å². The number of rotatable bonds is 6. The molecule has 2 aromatic carbocycles. The average Bonchev–Trinajstić information content (AvgIpc) is 3.40. The molecular weight excluding hydrogens is 414 g/mol. The molecule has 8 heteroatoms. The Morgan fingerprint density at radius 2 is 2.03 bits per heavy atom. The topological polar surface area (TPSA) is 80.8 Å². The van der Waals surface area contributed by atoms with Crippen LogP contribution >= 0.6 is 11.3 Å². The number of nitrogens with one attached hydrogen (secondary N) is 1. The molecule has 31 heavy (non-hydrogen) atoms. The Morgan fingerprint density at radius 1 is 1.19 bits per heavy atom. The van der Waals surface area contributed by atoms with Crippen LogP contribution in [0.25, 0.3) is 11.3 Å². The number of carbonyl (C=O) groups excluding carboxylic acids is 2. The fraction of sp³-hybridized carbons (Fsp3) is 0.261. The molecular formula is C23H23N3O4S. The summed E-state index contributed by atoms with van der Waals surface area (Å²) < 4.78 is 10.7. The van der Waals surface area contributed by atoms with Gasteiger partial charge in [-0.25, -0.2) is 4.98 Å². The summed E-state index contributed by atoms with van der Waals surface area (Å²) in [6, 6.07) is 13.1. The number of carbonyl (C=O) groups is 2. The Balaban J connectivity index is 1.46. The normalized spacial score (nSPS) is 15.8. The second-order valence-electron chi connectivity index (χ2n) is 7.34. The molecule has 0 bridgehead atoms. The van der Waals surface area contributed by atoms with Crippen molar-refractivity contribution in [3.63, 3.8) is 0 Å². The molecule has 1 saturated heterocycles. The molecule has 1 aliphatic heterocycles. The van der Waals surface area contributed by atoms with E-state index in [1.54, 1.807) is 25.2 Å². The Bertz CT molecular complexity index is 1130. The number of anilines is 2. The van der Waals surface area contributed by atoms with Crippen molar-refractivity contribution in [1.82, 2.24) is 4.98 Å². The summed E-state index contributed by atoms with van der Waals surface area (Å²) in [5.74, 6) is 0.650. The van der Waals surface area contributed by atoms with E-state index < -0.39 is 5.92 Å². The number of aryl methyl sites for hydroxylation is 1. The van der Waals surface area contributed by atoms with Crippen LogP contribution in [0.2, 0.25) is 0 Å². The van der Waals surface area contributed by atoms with Crippen LogP contribution in [0.3, 0.4) is 0 Å². The van der Waals surface area contributed by atoms with Crippen LogP contribution in [-0.4, -0.2) is 37.6 Å². The first-order valence-corrected chi connectivity index (χ1v) is 10.7. The number of nitrogens with zero attached hydrogens (tertiary/aromatic N) is 2. The smallest absolute Gasteiger partial charge is 0.231 e. The molecule has 0 saturated carbocycles. The van der Waals surface area contributed by atoms with E-state index in [4.69, 9.17) is 9.47 Å². The summed E-state index contributed by atoms with van der Waals surface area (Å²) in [5.41, 5.74) is 3.43. The quantitative estimate of drug-likeness (QED) is 0.627. The SMILES string of the molecule is COc1cccc(N2C[C@@H](C(=O)Nc3nc(-c4cc(C)ccc4OC)cs3)CC2=O)c1. The molecule has 1 atom stereocenters. The van der Waals surface area contributed by atoms with Gasteiger partial charge >= 0.3 is 0 Å². The van der Waals surface area contributed by atoms with Crippen molar-refractivity contribution in [2.75, 3.05) is 31.0 Å². The number of methoxy groups -OCH3 is 2. The zero-order chi connectivity index (χ0) is 22.0. The maximum absolute atomic E-state index is 12.8. The van der Waals surface area contributed by atoms with Gasteiger partial charge in [-0.2, -0.15) is 0 Å². The largest absolute Gasteiger partial charge is 0.497 e. The zero-order valence-corrected chi connectivity index (χ0v) is 18.4. The molecule has 2 heterocycles. The van der Waals surface area contributed by atoms with Gasteiger partial charge in [-0.3, -0.25) is 9.59 Å². The molecule has 0 radical (unpaired) electrons. The van der Waals surface area contributed by atoms with E-state index in [1.165, 1.54) is 11.3 Å². The van der Waals surface area contributed by atoms with Crippen molar-refractivity contribution in [2.24, 2.45) is 5.92 Å². The Kier molecular flexibility index (Phi) is 5.90. The highest BCUT2D eigenvalue weighted by atomic mass is 32.1. The minimum absolute atomic E-state index is 0.0854. The van der Waals surface area contributed by atoms with E-state index in [0.717, 1.165) is 28.3 Å². The second-order valence-corrected chi connectivity index (χ2v) is 8.20. The first-order chi connectivity index (χ1) is 15.0. The number of hydrogen-bond donors (Lipinski definition) is 1. The van der Waals surface area contributed by atoms with E-state index in [1.807, 2.05) is 48.7 Å². The van der Waals surface area contributed by atoms with E-state index >= 15 is 0 Å². The van der Waals surface area contributed by atoms with Gasteiger partial charge in [0.05, 0.1) is 25.8 Å². The number of ether oxygens (including phenoxy) is 2. The molecule has 2 amide bonds.